The number of pyridine rings is 1. The minimum atomic E-state index is -0.629. The molecule has 196 valence electrons. The molecule has 1 aliphatic heterocycles. The Balaban J connectivity index is 2.05. The van der Waals surface area contributed by atoms with Crippen LogP contribution in [0.2, 0.25) is 0 Å². The van der Waals surface area contributed by atoms with Gasteiger partial charge in [-0.1, -0.05) is 6.07 Å². The molecule has 0 saturated carbocycles. The van der Waals surface area contributed by atoms with Gasteiger partial charge in [0.25, 0.3) is 11.2 Å². The Labute approximate surface area is 217 Å². The number of hydrogen-bond donors (Lipinski definition) is 0. The Bertz CT molecular complexity index is 1510. The summed E-state index contributed by atoms with van der Waals surface area (Å²) in [7, 11) is 2.84. The van der Waals surface area contributed by atoms with E-state index in [1.54, 1.807) is 19.1 Å². The highest BCUT2D eigenvalue weighted by atomic mass is 35.5. The van der Waals surface area contributed by atoms with Crippen LogP contribution in [0, 0.1) is 17.0 Å². The van der Waals surface area contributed by atoms with Gasteiger partial charge in [0.2, 0.25) is 0 Å². The molecule has 0 bridgehead atoms. The number of aryl methyl sites for hydroxylation is 2. The molecule has 0 radical (unpaired) electrons. The molecule has 37 heavy (non-hydrogen) atoms. The molecule has 1 fully saturated rings. The van der Waals surface area contributed by atoms with Crippen molar-refractivity contribution in [3.05, 3.63) is 60.4 Å². The maximum absolute atomic E-state index is 13.4. The summed E-state index contributed by atoms with van der Waals surface area (Å²) in [5, 5.41) is 12.2. The van der Waals surface area contributed by atoms with E-state index in [4.69, 9.17) is 16.3 Å². The highest BCUT2D eigenvalue weighted by Gasteiger charge is 2.28. The van der Waals surface area contributed by atoms with E-state index >= 15 is 0 Å². The fourth-order valence-corrected chi connectivity index (χ4v) is 4.92. The molecule has 0 atom stereocenters. The molecule has 2 aromatic heterocycles. The van der Waals surface area contributed by atoms with Gasteiger partial charge >= 0.3 is 5.69 Å². The zero-order chi connectivity index (χ0) is 26.9. The first-order chi connectivity index (χ1) is 17.7. The number of nitrogens with zero attached hydrogens (tertiary/aromatic N) is 5. The summed E-state index contributed by atoms with van der Waals surface area (Å²) < 4.78 is 7.56. The van der Waals surface area contributed by atoms with Gasteiger partial charge in [0.1, 0.15) is 11.3 Å². The van der Waals surface area contributed by atoms with Crippen molar-refractivity contribution in [3.63, 3.8) is 0 Å². The third kappa shape index (κ3) is 4.88. The van der Waals surface area contributed by atoms with Crippen LogP contribution < -0.4 is 16.1 Å². The average Bonchev–Trinajstić information content (AvgIpc) is 2.90. The zero-order valence-corrected chi connectivity index (χ0v) is 21.7. The van der Waals surface area contributed by atoms with Crippen LogP contribution in [0.5, 0.6) is 0 Å². The molecule has 3 aromatic rings. The van der Waals surface area contributed by atoms with Gasteiger partial charge in [-0.15, -0.1) is 11.6 Å². The van der Waals surface area contributed by atoms with Crippen LogP contribution in [0.4, 0.5) is 11.4 Å². The number of aromatic nitrogens is 3. The fourth-order valence-electron chi connectivity index (χ4n) is 4.74. The van der Waals surface area contributed by atoms with Crippen LogP contribution in [0.25, 0.3) is 22.2 Å². The fraction of sp³-hybridized carbons (Fsp3) is 0.440. The summed E-state index contributed by atoms with van der Waals surface area (Å²) in [6, 6.07) is 4.69. The number of nitro groups is 1. The SMILES string of the molecule is Cc1nc2c(c(-c3ccc(N4CCOCC4)c([N+](=O)[O-])c3)c1C(=O)CCCCCl)c(=O)n(C)c(=O)n2C. The first-order valence-electron chi connectivity index (χ1n) is 12.0. The Morgan fingerprint density at radius 3 is 2.51 bits per heavy atom. The Morgan fingerprint density at radius 1 is 1.16 bits per heavy atom. The van der Waals surface area contributed by atoms with Crippen LogP contribution >= 0.6 is 11.6 Å². The van der Waals surface area contributed by atoms with E-state index in [0.29, 0.717) is 62.0 Å². The number of ketones is 1. The van der Waals surface area contributed by atoms with Gasteiger partial charge in [0.15, 0.2) is 5.78 Å². The van der Waals surface area contributed by atoms with E-state index < -0.39 is 16.2 Å². The van der Waals surface area contributed by atoms with Gasteiger partial charge in [0, 0.05) is 56.7 Å². The maximum atomic E-state index is 13.4. The largest absolute Gasteiger partial charge is 0.378 e. The number of anilines is 1. The minimum Gasteiger partial charge on any atom is -0.378 e. The topological polar surface area (TPSA) is 130 Å². The number of Topliss-reactive ketones (excluding diaryl/α,β-unsaturated/α-hetero) is 1. The predicted octanol–water partition coefficient (Wildman–Crippen LogP) is 2.94. The van der Waals surface area contributed by atoms with Crippen molar-refractivity contribution in [1.29, 1.82) is 0 Å². The van der Waals surface area contributed by atoms with Crippen molar-refractivity contribution in [2.24, 2.45) is 14.1 Å². The number of alkyl halides is 1. The first-order valence-corrected chi connectivity index (χ1v) is 12.5. The van der Waals surface area contributed by atoms with E-state index in [-0.39, 0.29) is 40.1 Å². The average molecular weight is 530 g/mol. The second kappa shape index (κ2) is 10.8. The second-order valence-electron chi connectivity index (χ2n) is 8.98. The number of ether oxygens (including phenoxy) is 1. The van der Waals surface area contributed by atoms with Crippen LogP contribution in [0.15, 0.2) is 27.8 Å². The van der Waals surface area contributed by atoms with Crippen molar-refractivity contribution in [1.82, 2.24) is 14.1 Å². The Kier molecular flexibility index (Phi) is 7.74. The smallest absolute Gasteiger partial charge is 0.332 e. The number of rotatable bonds is 8. The summed E-state index contributed by atoms with van der Waals surface area (Å²) in [5.41, 5.74) is 0.319. The molecule has 0 aliphatic carbocycles. The van der Waals surface area contributed by atoms with E-state index in [9.17, 15) is 24.5 Å². The number of carbonyl (C=O) groups excluding carboxylic acids is 1. The van der Waals surface area contributed by atoms with Crippen molar-refractivity contribution in [2.75, 3.05) is 37.1 Å². The summed E-state index contributed by atoms with van der Waals surface area (Å²) in [5.74, 6) is 0.162. The first kappa shape index (κ1) is 26.5. The molecule has 0 unspecified atom stereocenters. The van der Waals surface area contributed by atoms with E-state index in [1.807, 2.05) is 4.90 Å². The van der Waals surface area contributed by atoms with Crippen molar-refractivity contribution >= 4 is 39.8 Å². The quantitative estimate of drug-likeness (QED) is 0.143. The molecule has 11 nitrogen and oxygen atoms in total. The van der Waals surface area contributed by atoms with Crippen LogP contribution in [0.1, 0.15) is 35.3 Å². The molecule has 1 aromatic carbocycles. The molecule has 0 amide bonds. The van der Waals surface area contributed by atoms with E-state index in [0.717, 1.165) is 4.57 Å². The molecule has 0 spiro atoms. The van der Waals surface area contributed by atoms with Crippen LogP contribution in [0.3, 0.4) is 0 Å². The van der Waals surface area contributed by atoms with Crippen LogP contribution in [-0.2, 0) is 18.8 Å². The Hall–Kier alpha value is -3.57. The summed E-state index contributed by atoms with van der Waals surface area (Å²) >= 11 is 5.79. The summed E-state index contributed by atoms with van der Waals surface area (Å²) in [6.45, 7) is 3.56. The highest BCUT2D eigenvalue weighted by Crippen LogP contribution is 2.38. The minimum absolute atomic E-state index is 0.0595. The lowest BCUT2D eigenvalue weighted by atomic mass is 9.91. The number of nitro benzene ring substituents is 1. The third-order valence-corrected chi connectivity index (χ3v) is 6.92. The Morgan fingerprint density at radius 2 is 1.86 bits per heavy atom. The normalized spacial score (nSPS) is 13.8. The van der Waals surface area contributed by atoms with E-state index in [2.05, 4.69) is 4.98 Å². The monoisotopic (exact) mass is 529 g/mol. The van der Waals surface area contributed by atoms with Gasteiger partial charge in [-0.05, 0) is 31.4 Å². The summed E-state index contributed by atoms with van der Waals surface area (Å²) in [4.78, 5) is 57.5. The van der Waals surface area contributed by atoms with Gasteiger partial charge < -0.3 is 9.64 Å². The number of carbonyl (C=O) groups is 1. The van der Waals surface area contributed by atoms with E-state index in [1.165, 1.54) is 24.7 Å². The molecular formula is C25H28ClN5O6. The number of halogens is 1. The zero-order valence-electron chi connectivity index (χ0n) is 21.0. The van der Waals surface area contributed by atoms with Crippen molar-refractivity contribution in [3.8, 4) is 11.1 Å². The molecule has 3 heterocycles. The number of morpholine rings is 1. The van der Waals surface area contributed by atoms with Crippen LogP contribution in [-0.4, -0.2) is 57.0 Å². The van der Waals surface area contributed by atoms with Gasteiger partial charge in [-0.2, -0.15) is 0 Å². The maximum Gasteiger partial charge on any atom is 0.332 e. The second-order valence-corrected chi connectivity index (χ2v) is 9.36. The van der Waals surface area contributed by atoms with Crippen molar-refractivity contribution in [2.45, 2.75) is 26.2 Å². The molecule has 12 heteroatoms. The predicted molar refractivity (Wildman–Crippen MR) is 141 cm³/mol. The number of unbranched alkanes of at least 4 members (excludes halogenated alkanes) is 1. The lowest BCUT2D eigenvalue weighted by molar-refractivity contribution is -0.384. The molecule has 1 aliphatic rings. The van der Waals surface area contributed by atoms with Crippen molar-refractivity contribution < 1.29 is 14.5 Å². The standard InChI is InChI=1S/C25H28ClN5O6/c1-15-20(19(32)6-4-5-9-26)21(22-23(27-15)28(2)25(34)29(3)24(22)33)16-7-8-17(18(14-16)31(35)36)30-10-12-37-13-11-30/h7-8,14H,4-6,9-13H2,1-3H3. The molecule has 0 N–H and O–H groups in total. The third-order valence-electron chi connectivity index (χ3n) is 6.65. The lowest BCUT2D eigenvalue weighted by Gasteiger charge is -2.28. The molecule has 4 rings (SSSR count). The number of fused-ring (bicyclic) bond motifs is 1. The lowest BCUT2D eigenvalue weighted by Crippen LogP contribution is -2.38. The number of hydrogen-bond acceptors (Lipinski definition) is 8. The van der Waals surface area contributed by atoms with Gasteiger partial charge in [-0.3, -0.25) is 28.8 Å². The highest BCUT2D eigenvalue weighted by molar-refractivity contribution is 6.17. The molecule has 1 saturated heterocycles. The number of benzene rings is 1. The van der Waals surface area contributed by atoms with Gasteiger partial charge in [0.05, 0.1) is 29.2 Å². The summed E-state index contributed by atoms with van der Waals surface area (Å²) in [6.07, 6.45) is 1.35. The van der Waals surface area contributed by atoms with Gasteiger partial charge in [-0.25, -0.2) is 9.78 Å². The molecular weight excluding hydrogens is 502 g/mol.